The predicted octanol–water partition coefficient (Wildman–Crippen LogP) is 4.43. The fourth-order valence-corrected chi connectivity index (χ4v) is 4.75. The summed E-state index contributed by atoms with van der Waals surface area (Å²) in [6.07, 6.45) is 2.21. The second-order valence-electron chi connectivity index (χ2n) is 8.35. The monoisotopic (exact) mass is 481 g/mol. The second kappa shape index (κ2) is 11.4. The average Bonchev–Trinajstić information content (AvgIpc) is 3.48. The molecule has 180 valence electrons. The maximum absolute atomic E-state index is 12.6. The lowest BCUT2D eigenvalue weighted by Gasteiger charge is -2.16. The van der Waals surface area contributed by atoms with E-state index in [1.165, 1.54) is 22.9 Å². The number of thioether (sulfide) groups is 1. The Labute approximate surface area is 204 Å². The number of anilines is 2. The Morgan fingerprint density at radius 3 is 2.82 bits per heavy atom. The molecule has 1 fully saturated rings. The third kappa shape index (κ3) is 6.09. The molecule has 2 aromatic carbocycles. The standard InChI is InChI=1S/C25H31N5O3S/c1-17-10-11-20(18(2)13-17)26-14-23-28-29-25(30(23)15-19-7-6-12-33-19)34-16-24(31)27-21-8-4-5-9-22(21)32-3/h4-5,8-11,13,19,26H,6-7,12,14-16H2,1-3H3,(H,27,31)/t19-/m0/s1. The maximum Gasteiger partial charge on any atom is 0.234 e. The normalized spacial score (nSPS) is 15.3. The summed E-state index contributed by atoms with van der Waals surface area (Å²) in [5, 5.41) is 15.9. The summed E-state index contributed by atoms with van der Waals surface area (Å²) in [7, 11) is 1.58. The molecule has 1 aromatic heterocycles. The Balaban J connectivity index is 1.44. The van der Waals surface area contributed by atoms with E-state index in [1.807, 2.05) is 24.3 Å². The van der Waals surface area contributed by atoms with Gasteiger partial charge in [0.25, 0.3) is 0 Å². The van der Waals surface area contributed by atoms with Crippen LogP contribution in [-0.2, 0) is 22.6 Å². The first-order valence-corrected chi connectivity index (χ1v) is 12.4. The van der Waals surface area contributed by atoms with E-state index in [1.54, 1.807) is 7.11 Å². The van der Waals surface area contributed by atoms with Crippen molar-refractivity contribution in [3.05, 3.63) is 59.4 Å². The van der Waals surface area contributed by atoms with Gasteiger partial charge in [-0.25, -0.2) is 0 Å². The Bertz CT molecular complexity index is 1130. The van der Waals surface area contributed by atoms with E-state index < -0.39 is 0 Å². The van der Waals surface area contributed by atoms with Gasteiger partial charge < -0.3 is 24.7 Å². The SMILES string of the molecule is COc1ccccc1NC(=O)CSc1nnc(CNc2ccc(C)cc2C)n1C[C@@H]1CCCO1. The quantitative estimate of drug-likeness (QED) is 0.414. The van der Waals surface area contributed by atoms with E-state index in [2.05, 4.69) is 57.4 Å². The van der Waals surface area contributed by atoms with Crippen LogP contribution in [0.2, 0.25) is 0 Å². The highest BCUT2D eigenvalue weighted by atomic mass is 32.2. The number of nitrogens with zero attached hydrogens (tertiary/aromatic N) is 3. The molecule has 1 aliphatic rings. The van der Waals surface area contributed by atoms with Gasteiger partial charge in [0.05, 0.1) is 37.7 Å². The van der Waals surface area contributed by atoms with Gasteiger partial charge in [-0.05, 0) is 50.5 Å². The lowest BCUT2D eigenvalue weighted by Crippen LogP contribution is -2.20. The van der Waals surface area contributed by atoms with Crippen LogP contribution in [0.1, 0.15) is 29.8 Å². The lowest BCUT2D eigenvalue weighted by molar-refractivity contribution is -0.113. The van der Waals surface area contributed by atoms with Gasteiger partial charge in [0.15, 0.2) is 11.0 Å². The molecule has 0 radical (unpaired) electrons. The molecule has 4 rings (SSSR count). The van der Waals surface area contributed by atoms with Gasteiger partial charge >= 0.3 is 0 Å². The highest BCUT2D eigenvalue weighted by Gasteiger charge is 2.22. The smallest absolute Gasteiger partial charge is 0.234 e. The number of methoxy groups -OCH3 is 1. The fraction of sp³-hybridized carbons (Fsp3) is 0.400. The van der Waals surface area contributed by atoms with Crippen molar-refractivity contribution in [1.29, 1.82) is 0 Å². The summed E-state index contributed by atoms with van der Waals surface area (Å²) < 4.78 is 13.3. The van der Waals surface area contributed by atoms with Crippen molar-refractivity contribution in [2.24, 2.45) is 0 Å². The number of para-hydroxylation sites is 2. The van der Waals surface area contributed by atoms with Gasteiger partial charge in [-0.3, -0.25) is 4.79 Å². The third-order valence-corrected chi connectivity index (χ3v) is 6.70. The molecule has 1 saturated heterocycles. The summed E-state index contributed by atoms with van der Waals surface area (Å²) in [4.78, 5) is 12.6. The first-order chi connectivity index (χ1) is 16.5. The summed E-state index contributed by atoms with van der Waals surface area (Å²) in [5.74, 6) is 1.54. The first-order valence-electron chi connectivity index (χ1n) is 11.4. The second-order valence-corrected chi connectivity index (χ2v) is 9.30. The number of hydrogen-bond donors (Lipinski definition) is 2. The number of ether oxygens (including phenoxy) is 2. The lowest BCUT2D eigenvalue weighted by atomic mass is 10.1. The number of amides is 1. The van der Waals surface area contributed by atoms with Crippen LogP contribution in [-0.4, -0.2) is 46.2 Å². The van der Waals surface area contributed by atoms with Crippen molar-refractivity contribution in [3.63, 3.8) is 0 Å². The fourth-order valence-electron chi connectivity index (χ4n) is 3.98. The van der Waals surface area contributed by atoms with Crippen LogP contribution in [0.4, 0.5) is 11.4 Å². The molecular weight excluding hydrogens is 450 g/mol. The minimum atomic E-state index is -0.129. The zero-order valence-corrected chi connectivity index (χ0v) is 20.7. The number of aryl methyl sites for hydroxylation is 2. The van der Waals surface area contributed by atoms with Gasteiger partial charge in [0.1, 0.15) is 5.75 Å². The van der Waals surface area contributed by atoms with Gasteiger partial charge in [0.2, 0.25) is 5.91 Å². The van der Waals surface area contributed by atoms with Crippen LogP contribution >= 0.6 is 11.8 Å². The Hall–Kier alpha value is -3.04. The molecule has 34 heavy (non-hydrogen) atoms. The molecule has 0 unspecified atom stereocenters. The first kappa shape index (κ1) is 24.1. The van der Waals surface area contributed by atoms with E-state index >= 15 is 0 Å². The molecule has 8 nitrogen and oxygen atoms in total. The van der Waals surface area contributed by atoms with Crippen molar-refractivity contribution in [2.45, 2.75) is 51.0 Å². The average molecular weight is 482 g/mol. The summed E-state index contributed by atoms with van der Waals surface area (Å²) in [5.41, 5.74) is 4.14. The highest BCUT2D eigenvalue weighted by Crippen LogP contribution is 2.25. The minimum absolute atomic E-state index is 0.129. The van der Waals surface area contributed by atoms with Crippen molar-refractivity contribution in [1.82, 2.24) is 14.8 Å². The molecule has 1 aliphatic heterocycles. The number of aromatic nitrogens is 3. The van der Waals surface area contributed by atoms with Gasteiger partial charge in [-0.2, -0.15) is 0 Å². The van der Waals surface area contributed by atoms with E-state index in [4.69, 9.17) is 9.47 Å². The number of carbonyl (C=O) groups excluding carboxylic acids is 1. The molecule has 0 spiro atoms. The van der Waals surface area contributed by atoms with Crippen LogP contribution in [0.3, 0.4) is 0 Å². The van der Waals surface area contributed by atoms with Crippen LogP contribution in [0.15, 0.2) is 47.6 Å². The minimum Gasteiger partial charge on any atom is -0.495 e. The molecule has 0 bridgehead atoms. The maximum atomic E-state index is 12.6. The molecule has 0 saturated carbocycles. The highest BCUT2D eigenvalue weighted by molar-refractivity contribution is 7.99. The van der Waals surface area contributed by atoms with Gasteiger partial charge in [0, 0.05) is 12.3 Å². The number of hydrogen-bond acceptors (Lipinski definition) is 7. The molecule has 0 aliphatic carbocycles. The Kier molecular flexibility index (Phi) is 8.08. The zero-order valence-electron chi connectivity index (χ0n) is 19.8. The largest absolute Gasteiger partial charge is 0.495 e. The number of benzene rings is 2. The summed E-state index contributed by atoms with van der Waals surface area (Å²) >= 11 is 1.37. The summed E-state index contributed by atoms with van der Waals surface area (Å²) in [6.45, 7) is 6.17. The molecular formula is C25H31N5O3S. The van der Waals surface area contributed by atoms with E-state index in [0.717, 1.165) is 31.0 Å². The van der Waals surface area contributed by atoms with Crippen LogP contribution in [0, 0.1) is 13.8 Å². The van der Waals surface area contributed by atoms with Gasteiger partial charge in [-0.15, -0.1) is 10.2 Å². The Morgan fingerprint density at radius 2 is 2.06 bits per heavy atom. The third-order valence-electron chi connectivity index (χ3n) is 5.74. The van der Waals surface area contributed by atoms with Crippen molar-refractivity contribution < 1.29 is 14.3 Å². The molecule has 3 aromatic rings. The topological polar surface area (TPSA) is 90.3 Å². The van der Waals surface area contributed by atoms with Crippen molar-refractivity contribution in [3.8, 4) is 5.75 Å². The predicted molar refractivity (Wildman–Crippen MR) is 135 cm³/mol. The molecule has 1 amide bonds. The number of carbonyl (C=O) groups is 1. The molecule has 9 heteroatoms. The summed E-state index contributed by atoms with van der Waals surface area (Å²) in [6, 6.07) is 13.7. The molecule has 1 atom stereocenters. The van der Waals surface area contributed by atoms with E-state index in [-0.39, 0.29) is 17.8 Å². The number of rotatable bonds is 10. The molecule has 2 N–H and O–H groups in total. The van der Waals surface area contributed by atoms with E-state index in [9.17, 15) is 4.79 Å². The number of nitrogens with one attached hydrogen (secondary N) is 2. The Morgan fingerprint density at radius 1 is 1.21 bits per heavy atom. The van der Waals surface area contributed by atoms with Gasteiger partial charge in [-0.1, -0.05) is 41.6 Å². The van der Waals surface area contributed by atoms with Crippen molar-refractivity contribution >= 4 is 29.0 Å². The van der Waals surface area contributed by atoms with E-state index in [0.29, 0.717) is 29.7 Å². The van der Waals surface area contributed by atoms with Crippen LogP contribution < -0.4 is 15.4 Å². The zero-order chi connectivity index (χ0) is 23.9. The van der Waals surface area contributed by atoms with Crippen LogP contribution in [0.25, 0.3) is 0 Å². The van der Waals surface area contributed by atoms with Crippen LogP contribution in [0.5, 0.6) is 5.75 Å². The van der Waals surface area contributed by atoms with Crippen molar-refractivity contribution in [2.75, 3.05) is 30.1 Å². The molecule has 2 heterocycles.